The van der Waals surface area contributed by atoms with Crippen LogP contribution in [0.2, 0.25) is 0 Å². The number of aryl methyl sites for hydroxylation is 3. The van der Waals surface area contributed by atoms with Crippen LogP contribution in [-0.2, 0) is 4.74 Å². The van der Waals surface area contributed by atoms with Crippen molar-refractivity contribution in [3.63, 3.8) is 0 Å². The van der Waals surface area contributed by atoms with Crippen molar-refractivity contribution < 1.29 is 9.53 Å². The topological polar surface area (TPSA) is 100 Å². The second-order valence-corrected chi connectivity index (χ2v) is 6.91. The summed E-state index contributed by atoms with van der Waals surface area (Å²) in [6.45, 7) is 7.94. The molecule has 3 heterocycles. The Balaban J connectivity index is 1.91. The summed E-state index contributed by atoms with van der Waals surface area (Å²) in [5, 5.41) is 9.09. The van der Waals surface area contributed by atoms with Crippen molar-refractivity contribution in [1.29, 1.82) is 0 Å². The molecule has 0 fully saturated rings. The minimum absolute atomic E-state index is 0.195. The van der Waals surface area contributed by atoms with Gasteiger partial charge in [-0.2, -0.15) is 19.4 Å². The summed E-state index contributed by atoms with van der Waals surface area (Å²) >= 11 is 0. The van der Waals surface area contributed by atoms with Gasteiger partial charge in [0.15, 0.2) is 11.5 Å². The number of carbonyl (C=O) groups is 1. The van der Waals surface area contributed by atoms with Crippen LogP contribution in [-0.4, -0.2) is 37.0 Å². The van der Waals surface area contributed by atoms with E-state index in [1.165, 1.54) is 16.4 Å². The Labute approximate surface area is 167 Å². The predicted molar refractivity (Wildman–Crippen MR) is 110 cm³/mol. The Morgan fingerprint density at radius 2 is 1.90 bits per heavy atom. The van der Waals surface area contributed by atoms with Crippen LogP contribution in [0.5, 0.6) is 0 Å². The maximum atomic E-state index is 12.1. The zero-order valence-corrected chi connectivity index (χ0v) is 16.8. The summed E-state index contributed by atoms with van der Waals surface area (Å²) in [6.07, 6.45) is 1.41. The summed E-state index contributed by atoms with van der Waals surface area (Å²) in [5.41, 5.74) is 11.9. The number of benzene rings is 1. The number of nitrogens with zero attached hydrogens (tertiary/aromatic N) is 5. The summed E-state index contributed by atoms with van der Waals surface area (Å²) in [5.74, 6) is 0.290. The number of hydrogen-bond acceptors (Lipinski definition) is 6. The molecule has 0 saturated heterocycles. The van der Waals surface area contributed by atoms with Crippen molar-refractivity contribution >= 4 is 17.4 Å². The van der Waals surface area contributed by atoms with E-state index < -0.39 is 5.97 Å². The number of aromatic nitrogens is 5. The van der Waals surface area contributed by atoms with E-state index in [9.17, 15) is 4.79 Å². The van der Waals surface area contributed by atoms with Crippen molar-refractivity contribution in [3.05, 3.63) is 58.9 Å². The van der Waals surface area contributed by atoms with Gasteiger partial charge in [-0.3, -0.25) is 0 Å². The van der Waals surface area contributed by atoms with Crippen molar-refractivity contribution in [2.45, 2.75) is 27.7 Å². The molecule has 29 heavy (non-hydrogen) atoms. The van der Waals surface area contributed by atoms with Gasteiger partial charge in [0.25, 0.3) is 0 Å². The number of ether oxygens (including phenoxy) is 1. The molecule has 0 spiro atoms. The van der Waals surface area contributed by atoms with Gasteiger partial charge in [-0.25, -0.2) is 9.78 Å². The molecule has 4 aromatic rings. The lowest BCUT2D eigenvalue weighted by atomic mass is 10.1. The zero-order valence-electron chi connectivity index (χ0n) is 16.8. The van der Waals surface area contributed by atoms with Crippen LogP contribution >= 0.6 is 0 Å². The molecule has 0 aliphatic carbocycles. The van der Waals surface area contributed by atoms with Gasteiger partial charge >= 0.3 is 5.97 Å². The molecular weight excluding hydrogens is 368 g/mol. The maximum absolute atomic E-state index is 12.1. The molecule has 0 aliphatic heterocycles. The highest BCUT2D eigenvalue weighted by Crippen LogP contribution is 2.27. The van der Waals surface area contributed by atoms with Crippen LogP contribution in [0.1, 0.15) is 34.1 Å². The first-order chi connectivity index (χ1) is 13.9. The largest absolute Gasteiger partial charge is 0.462 e. The third kappa shape index (κ3) is 3.12. The molecule has 0 amide bonds. The number of anilines is 1. The van der Waals surface area contributed by atoms with Gasteiger partial charge in [-0.1, -0.05) is 29.8 Å². The van der Waals surface area contributed by atoms with E-state index in [0.717, 1.165) is 22.5 Å². The Morgan fingerprint density at radius 1 is 1.17 bits per heavy atom. The number of esters is 1. The lowest BCUT2D eigenvalue weighted by molar-refractivity contribution is 0.0527. The van der Waals surface area contributed by atoms with Gasteiger partial charge in [0.1, 0.15) is 11.4 Å². The first kappa shape index (κ1) is 18.7. The number of rotatable bonds is 4. The quantitative estimate of drug-likeness (QED) is 0.537. The Kier molecular flexibility index (Phi) is 4.54. The van der Waals surface area contributed by atoms with Crippen molar-refractivity contribution in [1.82, 2.24) is 24.4 Å². The average molecular weight is 390 g/mol. The maximum Gasteiger partial charge on any atom is 0.343 e. The fourth-order valence-electron chi connectivity index (χ4n) is 3.27. The molecule has 148 valence electrons. The third-order valence-electron chi connectivity index (χ3n) is 4.77. The van der Waals surface area contributed by atoms with Gasteiger partial charge in [0, 0.05) is 22.9 Å². The number of nitrogens with two attached hydrogens (primary N) is 1. The number of hydrogen-bond donors (Lipinski definition) is 1. The molecule has 0 saturated carbocycles. The highest BCUT2D eigenvalue weighted by atomic mass is 16.5. The van der Waals surface area contributed by atoms with E-state index in [-0.39, 0.29) is 18.0 Å². The highest BCUT2D eigenvalue weighted by molar-refractivity contribution is 5.94. The number of fused-ring (bicyclic) bond motifs is 1. The van der Waals surface area contributed by atoms with Crippen LogP contribution in [0.3, 0.4) is 0 Å². The summed E-state index contributed by atoms with van der Waals surface area (Å²) in [4.78, 5) is 16.8. The second-order valence-electron chi connectivity index (χ2n) is 6.91. The smallest absolute Gasteiger partial charge is 0.343 e. The zero-order chi connectivity index (χ0) is 20.7. The lowest BCUT2D eigenvalue weighted by Gasteiger charge is -2.08. The molecule has 4 rings (SSSR count). The van der Waals surface area contributed by atoms with Gasteiger partial charge in [-0.05, 0) is 27.7 Å². The normalized spacial score (nSPS) is 11.2. The minimum Gasteiger partial charge on any atom is -0.462 e. The molecule has 0 atom stereocenters. The molecule has 1 aromatic carbocycles. The Morgan fingerprint density at radius 3 is 2.59 bits per heavy atom. The average Bonchev–Trinajstić information content (AvgIpc) is 3.23. The summed E-state index contributed by atoms with van der Waals surface area (Å²) in [6, 6.07) is 10.0. The van der Waals surface area contributed by atoms with Gasteiger partial charge in [0.05, 0.1) is 18.5 Å². The van der Waals surface area contributed by atoms with Gasteiger partial charge in [0.2, 0.25) is 0 Å². The van der Waals surface area contributed by atoms with Crippen molar-refractivity contribution in [2.24, 2.45) is 0 Å². The van der Waals surface area contributed by atoms with Gasteiger partial charge in [-0.15, -0.1) is 0 Å². The van der Waals surface area contributed by atoms with Crippen LogP contribution in [0.25, 0.3) is 22.7 Å². The van der Waals surface area contributed by atoms with Crippen LogP contribution in [0.4, 0.5) is 5.82 Å². The third-order valence-corrected chi connectivity index (χ3v) is 4.77. The van der Waals surface area contributed by atoms with E-state index in [0.29, 0.717) is 11.5 Å². The first-order valence-corrected chi connectivity index (χ1v) is 9.35. The highest BCUT2D eigenvalue weighted by Gasteiger charge is 2.21. The lowest BCUT2D eigenvalue weighted by Crippen LogP contribution is -2.12. The Hall–Kier alpha value is -3.68. The molecule has 0 aliphatic rings. The first-order valence-electron chi connectivity index (χ1n) is 9.35. The Bertz CT molecular complexity index is 1220. The van der Waals surface area contributed by atoms with E-state index in [2.05, 4.69) is 22.2 Å². The summed E-state index contributed by atoms with van der Waals surface area (Å²) in [7, 11) is 0. The van der Waals surface area contributed by atoms with Crippen LogP contribution in [0, 0.1) is 20.8 Å². The molecular formula is C21H22N6O2. The number of carbonyl (C=O) groups excluding carboxylic acids is 1. The fraction of sp³-hybridized carbons (Fsp3) is 0.238. The molecule has 0 bridgehead atoms. The molecule has 0 unspecified atom stereocenters. The monoisotopic (exact) mass is 390 g/mol. The molecule has 8 heteroatoms. The standard InChI is InChI=1S/C21H22N6O2/c1-5-29-21(28)16-11-23-26(19(16)22)17-10-13(3)24-20-14(4)18(25-27(17)20)15-8-6-12(2)7-9-15/h6-11H,5,22H2,1-4H3. The van der Waals surface area contributed by atoms with Crippen LogP contribution in [0.15, 0.2) is 36.5 Å². The number of nitrogen functional groups attached to an aromatic ring is 1. The SMILES string of the molecule is CCOC(=O)c1cnn(-c2cc(C)nc3c(C)c(-c4ccc(C)cc4)nn23)c1N. The van der Waals surface area contributed by atoms with E-state index in [1.807, 2.05) is 39.0 Å². The molecule has 3 aromatic heterocycles. The fourth-order valence-corrected chi connectivity index (χ4v) is 3.27. The van der Waals surface area contributed by atoms with E-state index in [1.54, 1.807) is 11.4 Å². The van der Waals surface area contributed by atoms with Crippen molar-refractivity contribution in [2.75, 3.05) is 12.3 Å². The van der Waals surface area contributed by atoms with Gasteiger partial charge < -0.3 is 10.5 Å². The van der Waals surface area contributed by atoms with E-state index >= 15 is 0 Å². The van der Waals surface area contributed by atoms with E-state index in [4.69, 9.17) is 15.6 Å². The second kappa shape index (κ2) is 7.05. The van der Waals surface area contributed by atoms with Crippen LogP contribution < -0.4 is 5.73 Å². The van der Waals surface area contributed by atoms with Crippen molar-refractivity contribution in [3.8, 4) is 17.1 Å². The minimum atomic E-state index is -0.504. The molecule has 0 radical (unpaired) electrons. The molecule has 2 N–H and O–H groups in total. The molecule has 8 nitrogen and oxygen atoms in total. The predicted octanol–water partition coefficient (Wildman–Crippen LogP) is 3.27. The summed E-state index contributed by atoms with van der Waals surface area (Å²) < 4.78 is 8.24.